The summed E-state index contributed by atoms with van der Waals surface area (Å²) in [6.07, 6.45) is 0. The fourth-order valence-electron chi connectivity index (χ4n) is 2.22. The van der Waals surface area contributed by atoms with Crippen molar-refractivity contribution >= 4 is 17.5 Å². The second-order valence-electron chi connectivity index (χ2n) is 6.38. The zero-order valence-corrected chi connectivity index (χ0v) is 14.6. The maximum atomic E-state index is 12.5. The monoisotopic (exact) mass is 335 g/mol. The molecule has 0 aliphatic heterocycles. The normalized spacial score (nSPS) is 10.6. The Labute approximate surface area is 147 Å². The third-order valence-electron chi connectivity index (χ3n) is 4.11. The lowest BCUT2D eigenvalue weighted by Crippen LogP contribution is -2.44. The predicted molar refractivity (Wildman–Crippen MR) is 96.6 cm³/mol. The van der Waals surface area contributed by atoms with Crippen LogP contribution in [0.2, 0.25) is 0 Å². The number of hydrogen-bond donors (Lipinski definition) is 2. The van der Waals surface area contributed by atoms with E-state index >= 15 is 0 Å². The van der Waals surface area contributed by atoms with Gasteiger partial charge in [0.15, 0.2) is 0 Å². The molecule has 0 saturated heterocycles. The van der Waals surface area contributed by atoms with Crippen LogP contribution in [0.4, 0.5) is 5.69 Å². The Morgan fingerprint density at radius 2 is 1.68 bits per heavy atom. The van der Waals surface area contributed by atoms with Crippen LogP contribution < -0.4 is 10.6 Å². The van der Waals surface area contributed by atoms with Gasteiger partial charge in [-0.2, -0.15) is 5.26 Å². The Morgan fingerprint density at radius 3 is 2.28 bits per heavy atom. The van der Waals surface area contributed by atoms with Crippen molar-refractivity contribution in [3.63, 3.8) is 0 Å². The van der Waals surface area contributed by atoms with Crippen LogP contribution in [0.5, 0.6) is 0 Å². The molecule has 2 rings (SSSR count). The Hall–Kier alpha value is -3.13. The molecule has 2 aromatic carbocycles. The summed E-state index contributed by atoms with van der Waals surface area (Å²) in [5.74, 6) is -0.749. The van der Waals surface area contributed by atoms with Crippen LogP contribution in [0.15, 0.2) is 48.5 Å². The van der Waals surface area contributed by atoms with Crippen LogP contribution in [-0.2, 0) is 16.1 Å². The van der Waals surface area contributed by atoms with Gasteiger partial charge >= 0.3 is 0 Å². The van der Waals surface area contributed by atoms with Gasteiger partial charge in [-0.3, -0.25) is 9.59 Å². The van der Waals surface area contributed by atoms with Gasteiger partial charge in [0.25, 0.3) is 0 Å². The molecule has 2 amide bonds. The largest absolute Gasteiger partial charge is 0.351 e. The number of anilines is 1. The zero-order chi connectivity index (χ0) is 18.4. The molecule has 0 aliphatic rings. The van der Waals surface area contributed by atoms with Gasteiger partial charge in [0.1, 0.15) is 5.41 Å². The molecule has 25 heavy (non-hydrogen) atoms. The van der Waals surface area contributed by atoms with Crippen molar-refractivity contribution in [2.75, 3.05) is 5.32 Å². The predicted octanol–water partition coefficient (Wildman–Crippen LogP) is 3.15. The Balaban J connectivity index is 2.00. The number of nitrogens with one attached hydrogen (secondary N) is 2. The highest BCUT2D eigenvalue weighted by molar-refractivity contribution is 6.09. The van der Waals surface area contributed by atoms with Gasteiger partial charge in [0.2, 0.25) is 11.8 Å². The highest BCUT2D eigenvalue weighted by atomic mass is 16.2. The average Bonchev–Trinajstić information content (AvgIpc) is 2.61. The van der Waals surface area contributed by atoms with Crippen molar-refractivity contribution in [1.82, 2.24) is 5.32 Å². The van der Waals surface area contributed by atoms with Gasteiger partial charge in [-0.05, 0) is 56.2 Å². The fraction of sp³-hybridized carbons (Fsp3) is 0.250. The molecule has 0 unspecified atom stereocenters. The molecule has 0 spiro atoms. The number of carbonyl (C=O) groups is 2. The SMILES string of the molecule is Cc1ccccc1CNC(=O)C(C)(C)C(=O)Nc1ccc(C#N)cc1. The van der Waals surface area contributed by atoms with Crippen LogP contribution in [0.3, 0.4) is 0 Å². The molecule has 2 aromatic rings. The first-order chi connectivity index (χ1) is 11.8. The molecule has 0 aliphatic carbocycles. The van der Waals surface area contributed by atoms with E-state index in [9.17, 15) is 9.59 Å². The van der Waals surface area contributed by atoms with Crippen LogP contribution in [0.1, 0.15) is 30.5 Å². The molecule has 0 bridgehead atoms. The van der Waals surface area contributed by atoms with Crippen molar-refractivity contribution < 1.29 is 9.59 Å². The fourth-order valence-corrected chi connectivity index (χ4v) is 2.22. The molecule has 0 heterocycles. The van der Waals surface area contributed by atoms with Crippen LogP contribution in [0.25, 0.3) is 0 Å². The van der Waals surface area contributed by atoms with E-state index in [0.717, 1.165) is 11.1 Å². The molecular formula is C20H21N3O2. The van der Waals surface area contributed by atoms with E-state index in [4.69, 9.17) is 5.26 Å². The summed E-state index contributed by atoms with van der Waals surface area (Å²) in [6.45, 7) is 5.52. The smallest absolute Gasteiger partial charge is 0.239 e. The summed E-state index contributed by atoms with van der Waals surface area (Å²) in [5.41, 5.74) is 1.93. The first-order valence-corrected chi connectivity index (χ1v) is 7.99. The quantitative estimate of drug-likeness (QED) is 0.824. The minimum Gasteiger partial charge on any atom is -0.351 e. The van der Waals surface area contributed by atoms with Crippen LogP contribution in [0, 0.1) is 23.7 Å². The number of nitriles is 1. The summed E-state index contributed by atoms with van der Waals surface area (Å²) in [5, 5.41) is 14.3. The Bertz CT molecular complexity index is 818. The lowest BCUT2D eigenvalue weighted by molar-refractivity contribution is -0.138. The lowest BCUT2D eigenvalue weighted by atomic mass is 9.90. The number of aryl methyl sites for hydroxylation is 1. The summed E-state index contributed by atoms with van der Waals surface area (Å²) >= 11 is 0. The third-order valence-corrected chi connectivity index (χ3v) is 4.11. The molecule has 2 N–H and O–H groups in total. The zero-order valence-electron chi connectivity index (χ0n) is 14.6. The van der Waals surface area contributed by atoms with Crippen LogP contribution in [-0.4, -0.2) is 11.8 Å². The average molecular weight is 335 g/mol. The maximum Gasteiger partial charge on any atom is 0.239 e. The number of amides is 2. The third kappa shape index (κ3) is 4.45. The van der Waals surface area contributed by atoms with E-state index in [0.29, 0.717) is 17.8 Å². The topological polar surface area (TPSA) is 82.0 Å². The van der Waals surface area contributed by atoms with Gasteiger partial charge in [0.05, 0.1) is 11.6 Å². The summed E-state index contributed by atoms with van der Waals surface area (Å²) in [6, 6.07) is 16.3. The van der Waals surface area contributed by atoms with Crippen molar-refractivity contribution in [1.29, 1.82) is 5.26 Å². The minimum absolute atomic E-state index is 0.345. The standard InChI is InChI=1S/C20H21N3O2/c1-14-6-4-5-7-16(14)13-22-18(24)20(2,3)19(25)23-17-10-8-15(12-21)9-11-17/h4-11H,13H2,1-3H3,(H,22,24)(H,23,25). The van der Waals surface area contributed by atoms with Gasteiger partial charge < -0.3 is 10.6 Å². The van der Waals surface area contributed by atoms with Crippen molar-refractivity contribution in [3.05, 3.63) is 65.2 Å². The Kier molecular flexibility index (Phi) is 5.56. The number of rotatable bonds is 5. The molecule has 0 atom stereocenters. The van der Waals surface area contributed by atoms with E-state index in [2.05, 4.69) is 10.6 Å². The summed E-state index contributed by atoms with van der Waals surface area (Å²) < 4.78 is 0. The van der Waals surface area contributed by atoms with E-state index in [1.165, 1.54) is 0 Å². The summed E-state index contributed by atoms with van der Waals surface area (Å²) in [4.78, 5) is 24.9. The maximum absolute atomic E-state index is 12.5. The molecule has 128 valence electrons. The molecule has 0 aromatic heterocycles. The second kappa shape index (κ2) is 7.63. The molecule has 0 saturated carbocycles. The first kappa shape index (κ1) is 18.2. The molecule has 5 nitrogen and oxygen atoms in total. The van der Waals surface area contributed by atoms with E-state index in [1.54, 1.807) is 38.1 Å². The number of benzene rings is 2. The Morgan fingerprint density at radius 1 is 1.04 bits per heavy atom. The molecular weight excluding hydrogens is 314 g/mol. The van der Waals surface area contributed by atoms with E-state index < -0.39 is 11.3 Å². The molecule has 0 radical (unpaired) electrons. The van der Waals surface area contributed by atoms with Gasteiger partial charge in [-0.15, -0.1) is 0 Å². The van der Waals surface area contributed by atoms with Crippen molar-refractivity contribution in [2.24, 2.45) is 5.41 Å². The molecule has 5 heteroatoms. The number of hydrogen-bond acceptors (Lipinski definition) is 3. The lowest BCUT2D eigenvalue weighted by Gasteiger charge is -2.23. The second-order valence-corrected chi connectivity index (χ2v) is 6.38. The van der Waals surface area contributed by atoms with Crippen LogP contribution >= 0.6 is 0 Å². The number of nitrogens with zero attached hydrogens (tertiary/aromatic N) is 1. The highest BCUT2D eigenvalue weighted by Crippen LogP contribution is 2.20. The summed E-state index contributed by atoms with van der Waals surface area (Å²) in [7, 11) is 0. The van der Waals surface area contributed by atoms with Gasteiger partial charge in [-0.25, -0.2) is 0 Å². The van der Waals surface area contributed by atoms with E-state index in [1.807, 2.05) is 37.3 Å². The minimum atomic E-state index is -1.23. The van der Waals surface area contributed by atoms with Gasteiger partial charge in [-0.1, -0.05) is 24.3 Å². The highest BCUT2D eigenvalue weighted by Gasteiger charge is 2.35. The first-order valence-electron chi connectivity index (χ1n) is 7.99. The van der Waals surface area contributed by atoms with Gasteiger partial charge in [0, 0.05) is 12.2 Å². The van der Waals surface area contributed by atoms with Crippen molar-refractivity contribution in [3.8, 4) is 6.07 Å². The van der Waals surface area contributed by atoms with Crippen molar-refractivity contribution in [2.45, 2.75) is 27.3 Å². The molecule has 0 fully saturated rings. The number of carbonyl (C=O) groups excluding carboxylic acids is 2. The van der Waals surface area contributed by atoms with E-state index in [-0.39, 0.29) is 5.91 Å².